The van der Waals surface area contributed by atoms with E-state index in [1.807, 2.05) is 17.8 Å². The third kappa shape index (κ3) is 3.32. The number of nitrogens with one attached hydrogen (secondary N) is 1. The summed E-state index contributed by atoms with van der Waals surface area (Å²) < 4.78 is 1.84. The second-order valence-corrected chi connectivity index (χ2v) is 5.44. The second kappa shape index (κ2) is 6.46. The van der Waals surface area contributed by atoms with Gasteiger partial charge in [0.1, 0.15) is 5.82 Å². The van der Waals surface area contributed by atoms with Crippen molar-refractivity contribution in [3.63, 3.8) is 0 Å². The van der Waals surface area contributed by atoms with Gasteiger partial charge in [0.25, 0.3) is 0 Å². The maximum Gasteiger partial charge on any atom is 0.147 e. The van der Waals surface area contributed by atoms with E-state index in [9.17, 15) is 0 Å². The number of anilines is 2. The summed E-state index contributed by atoms with van der Waals surface area (Å²) in [6.07, 6.45) is 2.15. The molecule has 0 saturated heterocycles. The normalized spacial score (nSPS) is 11.0. The Kier molecular flexibility index (Phi) is 4.66. The molecule has 1 aromatic heterocycles. The number of aryl methyl sites for hydroxylation is 2. The molecular weight excluding hydrogens is 248 g/mol. The Labute approximate surface area is 121 Å². The molecule has 1 heterocycles. The first kappa shape index (κ1) is 14.4. The molecular formula is C16H24N4. The van der Waals surface area contributed by atoms with Crippen LogP contribution in [0.3, 0.4) is 0 Å². The van der Waals surface area contributed by atoms with Gasteiger partial charge < -0.3 is 11.1 Å². The van der Waals surface area contributed by atoms with Crippen molar-refractivity contribution in [2.24, 2.45) is 7.05 Å². The molecule has 2 aromatic rings. The van der Waals surface area contributed by atoms with E-state index in [1.54, 1.807) is 0 Å². The predicted molar refractivity (Wildman–Crippen MR) is 85.0 cm³/mol. The zero-order valence-electron chi connectivity index (χ0n) is 12.6. The van der Waals surface area contributed by atoms with Crippen molar-refractivity contribution in [2.45, 2.75) is 32.6 Å². The average molecular weight is 272 g/mol. The van der Waals surface area contributed by atoms with Gasteiger partial charge in [-0.25, -0.2) is 0 Å². The topological polar surface area (TPSA) is 55.9 Å². The molecule has 4 heteroatoms. The molecule has 1 aromatic carbocycles. The highest BCUT2D eigenvalue weighted by molar-refractivity contribution is 5.65. The molecule has 3 N–H and O–H groups in total. The van der Waals surface area contributed by atoms with Gasteiger partial charge in [0.05, 0.1) is 11.4 Å². The summed E-state index contributed by atoms with van der Waals surface area (Å²) in [7, 11) is 1.93. The van der Waals surface area contributed by atoms with Gasteiger partial charge in [0.15, 0.2) is 0 Å². The summed E-state index contributed by atoms with van der Waals surface area (Å²) >= 11 is 0. The maximum absolute atomic E-state index is 6.15. The van der Waals surface area contributed by atoms with Crippen LogP contribution in [0.5, 0.6) is 0 Å². The summed E-state index contributed by atoms with van der Waals surface area (Å²) in [5.74, 6) is 1.28. The number of nitrogens with zero attached hydrogens (tertiary/aromatic N) is 2. The smallest absolute Gasteiger partial charge is 0.147 e. The molecule has 0 aliphatic heterocycles. The van der Waals surface area contributed by atoms with Gasteiger partial charge in [0.2, 0.25) is 0 Å². The minimum atomic E-state index is 0.348. The van der Waals surface area contributed by atoms with Gasteiger partial charge in [-0.05, 0) is 24.3 Å². The van der Waals surface area contributed by atoms with Crippen LogP contribution >= 0.6 is 0 Å². The van der Waals surface area contributed by atoms with Crippen molar-refractivity contribution in [1.29, 1.82) is 0 Å². The van der Waals surface area contributed by atoms with Crippen molar-refractivity contribution in [1.82, 2.24) is 9.78 Å². The highest BCUT2D eigenvalue weighted by Gasteiger charge is 2.15. The van der Waals surface area contributed by atoms with Gasteiger partial charge in [-0.3, -0.25) is 4.68 Å². The van der Waals surface area contributed by atoms with Crippen LogP contribution in [-0.4, -0.2) is 16.3 Å². The van der Waals surface area contributed by atoms with Gasteiger partial charge in [0, 0.05) is 13.6 Å². The number of aromatic nitrogens is 2. The number of hydrogen-bond acceptors (Lipinski definition) is 3. The fourth-order valence-electron chi connectivity index (χ4n) is 2.34. The second-order valence-electron chi connectivity index (χ2n) is 5.44. The zero-order valence-corrected chi connectivity index (χ0v) is 12.6. The molecule has 2 rings (SSSR count). The van der Waals surface area contributed by atoms with Crippen molar-refractivity contribution in [2.75, 3.05) is 17.6 Å². The first-order valence-electron chi connectivity index (χ1n) is 7.19. The molecule has 0 unspecified atom stereocenters. The minimum Gasteiger partial charge on any atom is -0.394 e. The van der Waals surface area contributed by atoms with Gasteiger partial charge in [-0.2, -0.15) is 5.10 Å². The molecule has 20 heavy (non-hydrogen) atoms. The monoisotopic (exact) mass is 272 g/mol. The third-order valence-electron chi connectivity index (χ3n) is 3.44. The highest BCUT2D eigenvalue weighted by atomic mass is 15.3. The first-order valence-corrected chi connectivity index (χ1v) is 7.19. The Morgan fingerprint density at radius 2 is 1.95 bits per heavy atom. The summed E-state index contributed by atoms with van der Waals surface area (Å²) in [6, 6.07) is 10.5. The average Bonchev–Trinajstić information content (AvgIpc) is 2.72. The fraction of sp³-hybridized carbons (Fsp3) is 0.438. The molecule has 0 fully saturated rings. The standard InChI is InChI=1S/C16H24N4/c1-12(2)15-14(17)16(20(3)19-15)18-11-7-10-13-8-5-4-6-9-13/h4-6,8-9,12,18H,7,10-11,17H2,1-3H3. The van der Waals surface area contributed by atoms with Crippen LogP contribution in [0, 0.1) is 0 Å². The highest BCUT2D eigenvalue weighted by Crippen LogP contribution is 2.27. The van der Waals surface area contributed by atoms with Crippen LogP contribution in [0.15, 0.2) is 30.3 Å². The lowest BCUT2D eigenvalue weighted by Crippen LogP contribution is -2.08. The van der Waals surface area contributed by atoms with Crippen molar-refractivity contribution in [3.8, 4) is 0 Å². The quantitative estimate of drug-likeness (QED) is 0.794. The minimum absolute atomic E-state index is 0.348. The van der Waals surface area contributed by atoms with Crippen LogP contribution in [0.2, 0.25) is 0 Å². The lowest BCUT2D eigenvalue weighted by atomic mass is 10.1. The van der Waals surface area contributed by atoms with Crippen LogP contribution < -0.4 is 11.1 Å². The molecule has 0 aliphatic rings. The molecule has 0 atom stereocenters. The third-order valence-corrected chi connectivity index (χ3v) is 3.44. The molecule has 0 bridgehead atoms. The molecule has 0 aliphatic carbocycles. The Hall–Kier alpha value is -1.97. The summed E-state index contributed by atoms with van der Waals surface area (Å²) in [5.41, 5.74) is 9.27. The zero-order chi connectivity index (χ0) is 14.5. The number of hydrogen-bond donors (Lipinski definition) is 2. The van der Waals surface area contributed by atoms with E-state index in [1.165, 1.54) is 5.56 Å². The van der Waals surface area contributed by atoms with Gasteiger partial charge in [-0.1, -0.05) is 44.2 Å². The van der Waals surface area contributed by atoms with Crippen LogP contribution in [0.4, 0.5) is 11.5 Å². The Morgan fingerprint density at radius 3 is 2.55 bits per heavy atom. The number of nitrogen functional groups attached to an aromatic ring is 1. The lowest BCUT2D eigenvalue weighted by Gasteiger charge is -2.08. The number of nitrogens with two attached hydrogens (primary N) is 1. The van der Waals surface area contributed by atoms with Gasteiger partial charge in [-0.15, -0.1) is 0 Å². The van der Waals surface area contributed by atoms with Crippen molar-refractivity contribution in [3.05, 3.63) is 41.6 Å². The molecule has 0 saturated carbocycles. The maximum atomic E-state index is 6.15. The summed E-state index contributed by atoms with van der Waals surface area (Å²) in [5, 5.41) is 7.88. The summed E-state index contributed by atoms with van der Waals surface area (Å²) in [6.45, 7) is 5.12. The SMILES string of the molecule is CC(C)c1nn(C)c(NCCCc2ccccc2)c1N. The molecule has 4 nitrogen and oxygen atoms in total. The van der Waals surface area contributed by atoms with Crippen LogP contribution in [0.1, 0.15) is 37.4 Å². The molecule has 0 spiro atoms. The fourth-order valence-corrected chi connectivity index (χ4v) is 2.34. The first-order chi connectivity index (χ1) is 9.59. The van der Waals surface area contributed by atoms with Crippen molar-refractivity contribution < 1.29 is 0 Å². The molecule has 0 radical (unpaired) electrons. The van der Waals surface area contributed by atoms with Crippen LogP contribution in [-0.2, 0) is 13.5 Å². The number of rotatable bonds is 6. The van der Waals surface area contributed by atoms with E-state index < -0.39 is 0 Å². The number of benzene rings is 1. The van der Waals surface area contributed by atoms with E-state index in [0.717, 1.165) is 36.6 Å². The Bertz CT molecular complexity index is 543. The summed E-state index contributed by atoms with van der Waals surface area (Å²) in [4.78, 5) is 0. The van der Waals surface area contributed by atoms with E-state index in [-0.39, 0.29) is 0 Å². The van der Waals surface area contributed by atoms with E-state index in [4.69, 9.17) is 5.73 Å². The Morgan fingerprint density at radius 1 is 1.25 bits per heavy atom. The van der Waals surface area contributed by atoms with E-state index in [2.05, 4.69) is 48.5 Å². The lowest BCUT2D eigenvalue weighted by molar-refractivity contribution is 0.712. The van der Waals surface area contributed by atoms with E-state index >= 15 is 0 Å². The van der Waals surface area contributed by atoms with Gasteiger partial charge >= 0.3 is 0 Å². The van der Waals surface area contributed by atoms with Crippen LogP contribution in [0.25, 0.3) is 0 Å². The van der Waals surface area contributed by atoms with E-state index in [0.29, 0.717) is 5.92 Å². The Balaban J connectivity index is 1.88. The molecule has 0 amide bonds. The predicted octanol–water partition coefficient (Wildman–Crippen LogP) is 3.17. The molecule has 108 valence electrons. The largest absolute Gasteiger partial charge is 0.394 e. The van der Waals surface area contributed by atoms with Crippen molar-refractivity contribution >= 4 is 11.5 Å².